The Morgan fingerprint density at radius 3 is 2.89 bits per heavy atom. The molecule has 1 aromatic carbocycles. The molecule has 1 aliphatic rings. The minimum atomic E-state index is 0.300. The van der Waals surface area contributed by atoms with Crippen LogP contribution in [0.2, 0.25) is 0 Å². The Morgan fingerprint density at radius 1 is 1.33 bits per heavy atom. The second kappa shape index (κ2) is 6.87. The van der Waals surface area contributed by atoms with Gasteiger partial charge in [-0.25, -0.2) is 0 Å². The van der Waals surface area contributed by atoms with Crippen molar-refractivity contribution in [1.82, 2.24) is 5.48 Å². The zero-order valence-electron chi connectivity index (χ0n) is 10.8. The predicted octanol–water partition coefficient (Wildman–Crippen LogP) is 2.23. The van der Waals surface area contributed by atoms with Gasteiger partial charge >= 0.3 is 0 Å². The number of rotatable bonds is 6. The first-order valence-electron chi connectivity index (χ1n) is 6.00. The third-order valence-corrected chi connectivity index (χ3v) is 3.96. The maximum Gasteiger partial charge on any atom is 0.161 e. The standard InChI is InChI=1S/C13H19NO3S/c1-15-12-4-3-10(8-14-16-2)7-13(12)17-11-5-6-18-9-11/h3-4,7,11,14H,5-6,8-9H2,1-2H3. The largest absolute Gasteiger partial charge is 0.493 e. The third-order valence-electron chi connectivity index (χ3n) is 2.83. The van der Waals surface area contributed by atoms with Crippen molar-refractivity contribution in [3.8, 4) is 11.5 Å². The number of hydrogen-bond acceptors (Lipinski definition) is 5. The van der Waals surface area contributed by atoms with Crippen LogP contribution in [0.4, 0.5) is 0 Å². The van der Waals surface area contributed by atoms with E-state index in [0.717, 1.165) is 29.2 Å². The van der Waals surface area contributed by atoms with Gasteiger partial charge in [0.2, 0.25) is 0 Å². The van der Waals surface area contributed by atoms with Crippen molar-refractivity contribution in [3.05, 3.63) is 23.8 Å². The van der Waals surface area contributed by atoms with Crippen LogP contribution in [-0.2, 0) is 11.4 Å². The fourth-order valence-electron chi connectivity index (χ4n) is 1.86. The molecule has 4 nitrogen and oxygen atoms in total. The first-order chi connectivity index (χ1) is 8.83. The highest BCUT2D eigenvalue weighted by Crippen LogP contribution is 2.31. The maximum absolute atomic E-state index is 6.00. The highest BCUT2D eigenvalue weighted by atomic mass is 32.2. The van der Waals surface area contributed by atoms with Crippen molar-refractivity contribution in [1.29, 1.82) is 0 Å². The molecular weight excluding hydrogens is 250 g/mol. The van der Waals surface area contributed by atoms with Gasteiger partial charge < -0.3 is 14.3 Å². The number of thioether (sulfide) groups is 1. The second-order valence-corrected chi connectivity index (χ2v) is 5.26. The van der Waals surface area contributed by atoms with Crippen LogP contribution in [0.15, 0.2) is 18.2 Å². The summed E-state index contributed by atoms with van der Waals surface area (Å²) < 4.78 is 11.3. The van der Waals surface area contributed by atoms with Crippen molar-refractivity contribution < 1.29 is 14.3 Å². The molecule has 0 radical (unpaired) electrons. The monoisotopic (exact) mass is 269 g/mol. The van der Waals surface area contributed by atoms with Gasteiger partial charge in [0, 0.05) is 12.3 Å². The molecule has 1 saturated heterocycles. The van der Waals surface area contributed by atoms with Crippen LogP contribution in [0.5, 0.6) is 11.5 Å². The smallest absolute Gasteiger partial charge is 0.161 e. The maximum atomic E-state index is 6.00. The molecule has 2 rings (SSSR count). The summed E-state index contributed by atoms with van der Waals surface area (Å²) in [6.07, 6.45) is 1.41. The van der Waals surface area contributed by atoms with Gasteiger partial charge in [0.25, 0.3) is 0 Å². The van der Waals surface area contributed by atoms with E-state index in [0.29, 0.717) is 12.6 Å². The summed E-state index contributed by atoms with van der Waals surface area (Å²) in [6, 6.07) is 5.94. The molecule has 0 aromatic heterocycles. The van der Waals surface area contributed by atoms with E-state index in [2.05, 4.69) is 5.48 Å². The van der Waals surface area contributed by atoms with Gasteiger partial charge in [-0.1, -0.05) is 6.07 Å². The molecule has 1 atom stereocenters. The normalized spacial score (nSPS) is 18.9. The van der Waals surface area contributed by atoms with Gasteiger partial charge in [0.15, 0.2) is 11.5 Å². The van der Waals surface area contributed by atoms with Crippen molar-refractivity contribution in [3.63, 3.8) is 0 Å². The quantitative estimate of drug-likeness (QED) is 0.802. The van der Waals surface area contributed by atoms with Crippen molar-refractivity contribution in [2.45, 2.75) is 19.1 Å². The molecule has 18 heavy (non-hydrogen) atoms. The van der Waals surface area contributed by atoms with Gasteiger partial charge in [-0.3, -0.25) is 0 Å². The van der Waals surface area contributed by atoms with E-state index < -0.39 is 0 Å². The van der Waals surface area contributed by atoms with Crippen LogP contribution in [0.25, 0.3) is 0 Å². The van der Waals surface area contributed by atoms with E-state index >= 15 is 0 Å². The zero-order chi connectivity index (χ0) is 12.8. The summed E-state index contributed by atoms with van der Waals surface area (Å²) in [7, 11) is 3.27. The third kappa shape index (κ3) is 3.54. The van der Waals surface area contributed by atoms with Gasteiger partial charge in [-0.15, -0.1) is 0 Å². The van der Waals surface area contributed by atoms with Gasteiger partial charge in [-0.2, -0.15) is 17.2 Å². The lowest BCUT2D eigenvalue weighted by atomic mass is 10.2. The Bertz CT molecular complexity index is 380. The van der Waals surface area contributed by atoms with E-state index in [1.54, 1.807) is 14.2 Å². The van der Waals surface area contributed by atoms with Crippen LogP contribution in [0.1, 0.15) is 12.0 Å². The Labute approximate surface area is 112 Å². The molecule has 1 fully saturated rings. The Balaban J connectivity index is 2.08. The zero-order valence-corrected chi connectivity index (χ0v) is 11.6. The first-order valence-corrected chi connectivity index (χ1v) is 7.16. The minimum Gasteiger partial charge on any atom is -0.493 e. The highest BCUT2D eigenvalue weighted by Gasteiger charge is 2.19. The molecule has 0 spiro atoms. The summed E-state index contributed by atoms with van der Waals surface area (Å²) in [5.41, 5.74) is 3.93. The van der Waals surface area contributed by atoms with Crippen molar-refractivity contribution in [2.24, 2.45) is 0 Å². The van der Waals surface area contributed by atoms with E-state index in [1.807, 2.05) is 30.0 Å². The molecule has 0 saturated carbocycles. The van der Waals surface area contributed by atoms with Gasteiger partial charge in [-0.05, 0) is 29.9 Å². The number of benzene rings is 1. The van der Waals surface area contributed by atoms with Crippen LogP contribution in [0, 0.1) is 0 Å². The first kappa shape index (κ1) is 13.5. The molecule has 0 aliphatic carbocycles. The summed E-state index contributed by atoms with van der Waals surface area (Å²) in [4.78, 5) is 4.85. The average molecular weight is 269 g/mol. The molecule has 1 aliphatic heterocycles. The highest BCUT2D eigenvalue weighted by molar-refractivity contribution is 7.99. The average Bonchev–Trinajstić information content (AvgIpc) is 2.89. The topological polar surface area (TPSA) is 39.7 Å². The lowest BCUT2D eigenvalue weighted by Gasteiger charge is -2.16. The van der Waals surface area contributed by atoms with Crippen molar-refractivity contribution in [2.75, 3.05) is 25.7 Å². The summed E-state index contributed by atoms with van der Waals surface area (Å²) >= 11 is 1.93. The lowest BCUT2D eigenvalue weighted by Crippen LogP contribution is -2.16. The lowest BCUT2D eigenvalue weighted by molar-refractivity contribution is 0.0866. The molecule has 100 valence electrons. The molecule has 0 amide bonds. The number of methoxy groups -OCH3 is 1. The van der Waals surface area contributed by atoms with E-state index in [4.69, 9.17) is 14.3 Å². The number of hydrogen-bond donors (Lipinski definition) is 1. The SMILES string of the molecule is CONCc1ccc(OC)c(OC2CCSC2)c1. The summed E-state index contributed by atoms with van der Waals surface area (Å²) in [5, 5.41) is 0. The van der Waals surface area contributed by atoms with Crippen LogP contribution in [0.3, 0.4) is 0 Å². The molecule has 5 heteroatoms. The van der Waals surface area contributed by atoms with E-state index in [-0.39, 0.29) is 0 Å². The van der Waals surface area contributed by atoms with E-state index in [1.165, 1.54) is 5.75 Å². The van der Waals surface area contributed by atoms with E-state index in [9.17, 15) is 0 Å². The molecule has 1 N–H and O–H groups in total. The van der Waals surface area contributed by atoms with Crippen LogP contribution >= 0.6 is 11.8 Å². The summed E-state index contributed by atoms with van der Waals surface area (Å²) in [6.45, 7) is 0.649. The number of ether oxygens (including phenoxy) is 2. The van der Waals surface area contributed by atoms with Gasteiger partial charge in [0.1, 0.15) is 6.10 Å². The Kier molecular flexibility index (Phi) is 5.16. The molecular formula is C13H19NO3S. The molecule has 1 aromatic rings. The fourth-order valence-corrected chi connectivity index (χ4v) is 2.96. The Morgan fingerprint density at radius 2 is 2.22 bits per heavy atom. The molecule has 0 bridgehead atoms. The molecule has 1 unspecified atom stereocenters. The van der Waals surface area contributed by atoms with Crippen LogP contribution in [-0.4, -0.2) is 31.8 Å². The number of nitrogens with one attached hydrogen (secondary N) is 1. The predicted molar refractivity (Wildman–Crippen MR) is 73.2 cm³/mol. The molecule has 1 heterocycles. The summed E-state index contributed by atoms with van der Waals surface area (Å²) in [5.74, 6) is 3.84. The second-order valence-electron chi connectivity index (χ2n) is 4.11. The van der Waals surface area contributed by atoms with Crippen LogP contribution < -0.4 is 15.0 Å². The number of hydroxylamine groups is 1. The Hall–Kier alpha value is -0.910. The van der Waals surface area contributed by atoms with Crippen molar-refractivity contribution >= 4 is 11.8 Å². The van der Waals surface area contributed by atoms with Gasteiger partial charge in [0.05, 0.1) is 14.2 Å². The minimum absolute atomic E-state index is 0.300. The fraction of sp³-hybridized carbons (Fsp3) is 0.538.